The molecule has 0 atom stereocenters. The molecule has 1 aliphatic heterocycles. The monoisotopic (exact) mass is 558 g/mol. The van der Waals surface area contributed by atoms with Crippen LogP contribution in [0.1, 0.15) is 47.3 Å². The van der Waals surface area contributed by atoms with Crippen LogP contribution in [0.5, 0.6) is 0 Å². The van der Waals surface area contributed by atoms with Crippen molar-refractivity contribution in [3.8, 4) is 0 Å². The van der Waals surface area contributed by atoms with E-state index in [4.69, 9.17) is 5.73 Å². The second kappa shape index (κ2) is 13.6. The van der Waals surface area contributed by atoms with Crippen molar-refractivity contribution in [1.82, 2.24) is 19.5 Å². The summed E-state index contributed by atoms with van der Waals surface area (Å²) in [5, 5.41) is 6.85. The molecular weight excluding hydrogens is 522 g/mol. The van der Waals surface area contributed by atoms with Gasteiger partial charge in [-0.05, 0) is 78.0 Å². The minimum Gasteiger partial charge on any atom is -0.382 e. The molecule has 0 spiro atoms. The number of halogens is 2. The number of nitrogens with zero attached hydrogens (tertiary/aromatic N) is 3. The zero-order chi connectivity index (χ0) is 27.0. The van der Waals surface area contributed by atoms with E-state index in [2.05, 4.69) is 20.5 Å². The van der Waals surface area contributed by atoms with Gasteiger partial charge in [-0.15, -0.1) is 0 Å². The van der Waals surface area contributed by atoms with Gasteiger partial charge in [-0.2, -0.15) is 0 Å². The summed E-state index contributed by atoms with van der Waals surface area (Å²) >= 11 is 0.930. The number of sulfonamides is 1. The number of rotatable bonds is 14. The van der Waals surface area contributed by atoms with E-state index in [1.807, 2.05) is 14.1 Å². The van der Waals surface area contributed by atoms with Gasteiger partial charge in [-0.1, -0.05) is 17.4 Å². The van der Waals surface area contributed by atoms with Crippen LogP contribution in [-0.4, -0.2) is 87.0 Å². The zero-order valence-corrected chi connectivity index (χ0v) is 22.9. The minimum absolute atomic E-state index is 0.0437. The highest BCUT2D eigenvalue weighted by Crippen LogP contribution is 2.30. The van der Waals surface area contributed by atoms with Gasteiger partial charge in [-0.3, -0.25) is 4.79 Å². The highest BCUT2D eigenvalue weighted by atomic mass is 32.2. The first-order valence-electron chi connectivity index (χ1n) is 12.4. The Labute approximate surface area is 221 Å². The number of piperidine rings is 1. The summed E-state index contributed by atoms with van der Waals surface area (Å²) in [4.78, 5) is 18.9. The number of hydrogen-bond acceptors (Lipinski definition) is 9. The van der Waals surface area contributed by atoms with Gasteiger partial charge in [0.25, 0.3) is 0 Å². The highest BCUT2D eigenvalue weighted by molar-refractivity contribution is 7.89. The van der Waals surface area contributed by atoms with Gasteiger partial charge in [-0.25, -0.2) is 26.5 Å². The largest absolute Gasteiger partial charge is 0.382 e. The number of anilines is 2. The van der Waals surface area contributed by atoms with Gasteiger partial charge in [0.15, 0.2) is 5.13 Å². The van der Waals surface area contributed by atoms with Crippen LogP contribution >= 0.6 is 11.3 Å². The van der Waals surface area contributed by atoms with E-state index in [9.17, 15) is 22.0 Å². The summed E-state index contributed by atoms with van der Waals surface area (Å²) < 4.78 is 55.0. The number of ketones is 1. The van der Waals surface area contributed by atoms with Crippen molar-refractivity contribution >= 4 is 38.1 Å². The molecule has 2 aromatic rings. The number of nitrogen functional groups attached to an aromatic ring is 1. The van der Waals surface area contributed by atoms with E-state index in [0.717, 1.165) is 49.4 Å². The number of carbonyl (C=O) groups excluding carboxylic acids is 1. The molecule has 4 N–H and O–H groups in total. The number of unbranched alkanes of at least 4 members (excludes halogenated alkanes) is 1. The van der Waals surface area contributed by atoms with Crippen molar-refractivity contribution in [2.24, 2.45) is 0 Å². The average Bonchev–Trinajstić information content (AvgIpc) is 3.20. The van der Waals surface area contributed by atoms with E-state index in [1.165, 1.54) is 10.4 Å². The maximum atomic E-state index is 14.0. The number of nitrogens with two attached hydrogens (primary N) is 1. The first-order valence-corrected chi connectivity index (χ1v) is 14.9. The summed E-state index contributed by atoms with van der Waals surface area (Å²) in [6, 6.07) is 3.15. The number of nitrogens with one attached hydrogen (secondary N) is 2. The van der Waals surface area contributed by atoms with E-state index in [-0.39, 0.29) is 22.5 Å². The molecule has 0 saturated carbocycles. The fourth-order valence-electron chi connectivity index (χ4n) is 4.15. The summed E-state index contributed by atoms with van der Waals surface area (Å²) in [5.74, 6) is -2.78. The topological polar surface area (TPSA) is 121 Å². The Kier molecular flexibility index (Phi) is 10.8. The second-order valence-corrected chi connectivity index (χ2v) is 12.5. The Morgan fingerprint density at radius 1 is 1.16 bits per heavy atom. The molecule has 206 valence electrons. The molecule has 0 aliphatic carbocycles. The first kappa shape index (κ1) is 29.4. The third-order valence-electron chi connectivity index (χ3n) is 6.19. The Balaban J connectivity index is 1.44. The van der Waals surface area contributed by atoms with Crippen LogP contribution < -0.4 is 16.4 Å². The first-order chi connectivity index (χ1) is 17.6. The normalized spacial score (nSPS) is 15.4. The third kappa shape index (κ3) is 8.40. The Hall–Kier alpha value is -2.19. The van der Waals surface area contributed by atoms with Crippen molar-refractivity contribution in [2.75, 3.05) is 63.6 Å². The maximum Gasteiger partial charge on any atom is 0.214 e. The molecule has 13 heteroatoms. The van der Waals surface area contributed by atoms with Crippen molar-refractivity contribution in [3.05, 3.63) is 40.3 Å². The van der Waals surface area contributed by atoms with Gasteiger partial charge >= 0.3 is 0 Å². The van der Waals surface area contributed by atoms with E-state index >= 15 is 0 Å². The maximum absolute atomic E-state index is 14.0. The van der Waals surface area contributed by atoms with Gasteiger partial charge in [0, 0.05) is 19.1 Å². The van der Waals surface area contributed by atoms with Gasteiger partial charge < -0.3 is 21.3 Å². The zero-order valence-electron chi connectivity index (χ0n) is 21.3. The number of aromatic nitrogens is 1. The van der Waals surface area contributed by atoms with Crippen molar-refractivity contribution in [1.29, 1.82) is 0 Å². The molecular formula is C24H36F2N6O3S2. The molecule has 1 saturated heterocycles. The Bertz CT molecular complexity index is 1130. The van der Waals surface area contributed by atoms with Crippen LogP contribution in [0.25, 0.3) is 0 Å². The van der Waals surface area contributed by atoms with Crippen molar-refractivity contribution < 1.29 is 22.0 Å². The summed E-state index contributed by atoms with van der Waals surface area (Å²) in [6.45, 7) is 3.36. The van der Waals surface area contributed by atoms with Crippen LogP contribution in [0.15, 0.2) is 18.2 Å². The van der Waals surface area contributed by atoms with Gasteiger partial charge in [0.05, 0.1) is 11.3 Å². The average molecular weight is 559 g/mol. The summed E-state index contributed by atoms with van der Waals surface area (Å²) in [6.07, 6.45) is 3.86. The molecule has 3 rings (SSSR count). The Morgan fingerprint density at radius 3 is 2.46 bits per heavy atom. The smallest absolute Gasteiger partial charge is 0.214 e. The molecule has 1 aromatic carbocycles. The number of hydrogen-bond donors (Lipinski definition) is 3. The lowest BCUT2D eigenvalue weighted by Gasteiger charge is -2.31. The lowest BCUT2D eigenvalue weighted by Crippen LogP contribution is -2.43. The van der Waals surface area contributed by atoms with E-state index in [1.54, 1.807) is 0 Å². The van der Waals surface area contributed by atoms with Crippen LogP contribution in [0.4, 0.5) is 19.7 Å². The fourth-order valence-corrected chi connectivity index (χ4v) is 6.59. The standard InChI is InChI=1S/C24H36F2N6O3S2/c1-31(2)13-4-3-11-28-12-6-16-37(34,35)32-14-9-17(10-15-32)29-24-30-23(27)22(36-24)21(33)20-18(25)7-5-8-19(20)26/h5,7-8,17,28H,3-4,6,9-16,27H2,1-2H3,(H,29,30). The van der Waals surface area contributed by atoms with E-state index in [0.29, 0.717) is 44.0 Å². The molecule has 0 amide bonds. The SMILES string of the molecule is CN(C)CCCCNCCCS(=O)(=O)N1CCC(Nc2nc(N)c(C(=O)c3c(F)cccc3F)s2)CC1. The predicted molar refractivity (Wildman–Crippen MR) is 144 cm³/mol. The molecule has 37 heavy (non-hydrogen) atoms. The molecule has 9 nitrogen and oxygen atoms in total. The molecule has 1 aliphatic rings. The van der Waals surface area contributed by atoms with Crippen LogP contribution in [0.3, 0.4) is 0 Å². The van der Waals surface area contributed by atoms with Gasteiger partial charge in [0.1, 0.15) is 22.3 Å². The number of benzene rings is 1. The predicted octanol–water partition coefficient (Wildman–Crippen LogP) is 2.76. The molecule has 0 radical (unpaired) electrons. The Morgan fingerprint density at radius 2 is 1.81 bits per heavy atom. The number of thiazole rings is 1. The van der Waals surface area contributed by atoms with Crippen molar-refractivity contribution in [2.45, 2.75) is 38.1 Å². The van der Waals surface area contributed by atoms with Crippen molar-refractivity contribution in [3.63, 3.8) is 0 Å². The van der Waals surface area contributed by atoms with Gasteiger partial charge in [0.2, 0.25) is 15.8 Å². The highest BCUT2D eigenvalue weighted by Gasteiger charge is 2.29. The summed E-state index contributed by atoms with van der Waals surface area (Å²) in [5.41, 5.74) is 5.20. The lowest BCUT2D eigenvalue weighted by molar-refractivity contribution is 0.103. The van der Waals surface area contributed by atoms with Crippen LogP contribution in [-0.2, 0) is 10.0 Å². The molecule has 0 unspecified atom stereocenters. The quantitative estimate of drug-likeness (QED) is 0.239. The summed E-state index contributed by atoms with van der Waals surface area (Å²) in [7, 11) is 0.760. The molecule has 1 aromatic heterocycles. The molecule has 2 heterocycles. The molecule has 0 bridgehead atoms. The molecule has 1 fully saturated rings. The van der Waals surface area contributed by atoms with Crippen LogP contribution in [0.2, 0.25) is 0 Å². The minimum atomic E-state index is -3.33. The second-order valence-electron chi connectivity index (χ2n) is 9.41. The number of carbonyl (C=O) groups is 1. The van der Waals surface area contributed by atoms with Crippen LogP contribution in [0, 0.1) is 11.6 Å². The van der Waals surface area contributed by atoms with E-state index < -0.39 is 33.0 Å². The fraction of sp³-hybridized carbons (Fsp3) is 0.583. The lowest BCUT2D eigenvalue weighted by atomic mass is 10.1. The third-order valence-corrected chi connectivity index (χ3v) is 9.15.